The number of para-hydroxylation sites is 1. The summed E-state index contributed by atoms with van der Waals surface area (Å²) in [6, 6.07) is 5.24. The molecule has 0 bridgehead atoms. The van der Waals surface area contributed by atoms with E-state index in [4.69, 9.17) is 0 Å². The molecule has 68 valence electrons. The SMILES string of the molecule is CC1C(=O)N(C)c2c(O)cccc21. The molecule has 1 aromatic rings. The van der Waals surface area contributed by atoms with Gasteiger partial charge in [-0.25, -0.2) is 0 Å². The van der Waals surface area contributed by atoms with E-state index in [-0.39, 0.29) is 17.6 Å². The standard InChI is InChI=1S/C10H11NO2/c1-6-7-4-3-5-8(12)9(7)11(2)10(6)13/h3-6,12H,1-2H3. The monoisotopic (exact) mass is 177 g/mol. The predicted octanol–water partition coefficient (Wildman–Crippen LogP) is 1.47. The number of anilines is 1. The highest BCUT2D eigenvalue weighted by Crippen LogP contribution is 2.41. The third-order valence-corrected chi connectivity index (χ3v) is 2.55. The topological polar surface area (TPSA) is 40.5 Å². The third-order valence-electron chi connectivity index (χ3n) is 2.55. The molecule has 0 fully saturated rings. The first-order valence-corrected chi connectivity index (χ1v) is 4.22. The highest BCUT2D eigenvalue weighted by atomic mass is 16.3. The average Bonchev–Trinajstić information content (AvgIpc) is 2.33. The second kappa shape index (κ2) is 2.49. The van der Waals surface area contributed by atoms with Gasteiger partial charge >= 0.3 is 0 Å². The van der Waals surface area contributed by atoms with Crippen LogP contribution in [0.4, 0.5) is 5.69 Å². The summed E-state index contributed by atoms with van der Waals surface area (Å²) < 4.78 is 0. The number of fused-ring (bicyclic) bond motifs is 1. The number of phenols is 1. The minimum Gasteiger partial charge on any atom is -0.506 e. The number of hydrogen-bond donors (Lipinski definition) is 1. The molecule has 0 radical (unpaired) electrons. The highest BCUT2D eigenvalue weighted by Gasteiger charge is 2.33. The quantitative estimate of drug-likeness (QED) is 0.652. The summed E-state index contributed by atoms with van der Waals surface area (Å²) >= 11 is 0. The molecule has 0 aliphatic carbocycles. The molecular weight excluding hydrogens is 166 g/mol. The Kier molecular flexibility index (Phi) is 1.55. The summed E-state index contributed by atoms with van der Waals surface area (Å²) in [5.41, 5.74) is 1.56. The van der Waals surface area contributed by atoms with Crippen molar-refractivity contribution in [2.24, 2.45) is 0 Å². The highest BCUT2D eigenvalue weighted by molar-refractivity contribution is 6.05. The predicted molar refractivity (Wildman–Crippen MR) is 49.9 cm³/mol. The minimum atomic E-state index is -0.132. The van der Waals surface area contributed by atoms with Crippen molar-refractivity contribution in [1.82, 2.24) is 0 Å². The molecule has 1 atom stereocenters. The zero-order chi connectivity index (χ0) is 9.59. The maximum atomic E-state index is 11.5. The van der Waals surface area contributed by atoms with E-state index in [9.17, 15) is 9.90 Å². The van der Waals surface area contributed by atoms with Gasteiger partial charge in [-0.05, 0) is 18.6 Å². The van der Waals surface area contributed by atoms with Crippen LogP contribution in [0.5, 0.6) is 5.75 Å². The van der Waals surface area contributed by atoms with Gasteiger partial charge in [-0.1, -0.05) is 12.1 Å². The van der Waals surface area contributed by atoms with Crippen LogP contribution < -0.4 is 4.90 Å². The molecule has 0 saturated heterocycles. The lowest BCUT2D eigenvalue weighted by molar-refractivity contribution is -0.118. The molecule has 1 aromatic carbocycles. The molecule has 1 heterocycles. The largest absolute Gasteiger partial charge is 0.506 e. The summed E-state index contributed by atoms with van der Waals surface area (Å²) in [5.74, 6) is 0.0845. The van der Waals surface area contributed by atoms with Crippen LogP contribution in [0.25, 0.3) is 0 Å². The molecule has 3 heteroatoms. The van der Waals surface area contributed by atoms with Crippen molar-refractivity contribution in [3.05, 3.63) is 23.8 Å². The van der Waals surface area contributed by atoms with Crippen LogP contribution in [0.3, 0.4) is 0 Å². The molecule has 1 aliphatic rings. The van der Waals surface area contributed by atoms with Crippen molar-refractivity contribution in [3.63, 3.8) is 0 Å². The Morgan fingerprint density at radius 1 is 1.46 bits per heavy atom. The van der Waals surface area contributed by atoms with Gasteiger partial charge in [0.1, 0.15) is 5.75 Å². The van der Waals surface area contributed by atoms with E-state index in [1.807, 2.05) is 13.0 Å². The molecule has 1 unspecified atom stereocenters. The Labute approximate surface area is 76.6 Å². The number of amides is 1. The number of nitrogens with zero attached hydrogens (tertiary/aromatic N) is 1. The van der Waals surface area contributed by atoms with Gasteiger partial charge in [0.2, 0.25) is 5.91 Å². The Morgan fingerprint density at radius 3 is 2.77 bits per heavy atom. The third kappa shape index (κ3) is 0.932. The van der Waals surface area contributed by atoms with Crippen molar-refractivity contribution in [1.29, 1.82) is 0 Å². The van der Waals surface area contributed by atoms with Crippen LogP contribution in [0.2, 0.25) is 0 Å². The van der Waals surface area contributed by atoms with E-state index >= 15 is 0 Å². The Bertz CT molecular complexity index is 373. The lowest BCUT2D eigenvalue weighted by atomic mass is 10.0. The van der Waals surface area contributed by atoms with E-state index in [1.54, 1.807) is 19.2 Å². The molecule has 1 N–H and O–H groups in total. The van der Waals surface area contributed by atoms with Gasteiger partial charge in [0.25, 0.3) is 0 Å². The second-order valence-corrected chi connectivity index (χ2v) is 3.33. The van der Waals surface area contributed by atoms with E-state index in [0.29, 0.717) is 5.69 Å². The zero-order valence-corrected chi connectivity index (χ0v) is 7.61. The maximum Gasteiger partial charge on any atom is 0.234 e. The fourth-order valence-corrected chi connectivity index (χ4v) is 1.80. The lowest BCUT2D eigenvalue weighted by Crippen LogP contribution is -2.22. The molecular formula is C10H11NO2. The number of carbonyl (C=O) groups excluding carboxylic acids is 1. The van der Waals surface area contributed by atoms with Crippen molar-refractivity contribution >= 4 is 11.6 Å². The number of benzene rings is 1. The molecule has 0 aromatic heterocycles. The summed E-state index contributed by atoms with van der Waals surface area (Å²) in [5, 5.41) is 9.54. The first-order valence-electron chi connectivity index (χ1n) is 4.22. The fourth-order valence-electron chi connectivity index (χ4n) is 1.80. The van der Waals surface area contributed by atoms with Crippen LogP contribution in [0.15, 0.2) is 18.2 Å². The van der Waals surface area contributed by atoms with Gasteiger partial charge in [0.15, 0.2) is 0 Å². The number of carbonyl (C=O) groups is 1. The summed E-state index contributed by atoms with van der Waals surface area (Å²) in [6.07, 6.45) is 0. The molecule has 1 amide bonds. The molecule has 2 rings (SSSR count). The van der Waals surface area contributed by atoms with Crippen LogP contribution in [-0.4, -0.2) is 18.1 Å². The number of likely N-dealkylation sites (N-methyl/N-ethyl adjacent to an activating group) is 1. The van der Waals surface area contributed by atoms with Crippen LogP contribution in [0, 0.1) is 0 Å². The maximum absolute atomic E-state index is 11.5. The van der Waals surface area contributed by atoms with Crippen molar-refractivity contribution in [2.45, 2.75) is 12.8 Å². The van der Waals surface area contributed by atoms with E-state index in [0.717, 1.165) is 5.56 Å². The molecule has 1 aliphatic heterocycles. The van der Waals surface area contributed by atoms with Crippen LogP contribution in [0.1, 0.15) is 18.4 Å². The van der Waals surface area contributed by atoms with Gasteiger partial charge in [-0.3, -0.25) is 4.79 Å². The smallest absolute Gasteiger partial charge is 0.234 e. The summed E-state index contributed by atoms with van der Waals surface area (Å²) in [7, 11) is 1.68. The average molecular weight is 177 g/mol. The molecule has 0 saturated carbocycles. The number of phenolic OH excluding ortho intramolecular Hbond substituents is 1. The van der Waals surface area contributed by atoms with E-state index in [1.165, 1.54) is 4.90 Å². The van der Waals surface area contributed by atoms with Crippen LogP contribution in [-0.2, 0) is 4.79 Å². The van der Waals surface area contributed by atoms with E-state index in [2.05, 4.69) is 0 Å². The van der Waals surface area contributed by atoms with Gasteiger partial charge in [0.05, 0.1) is 11.6 Å². The Balaban J connectivity index is 2.66. The number of rotatable bonds is 0. The minimum absolute atomic E-state index is 0.0384. The van der Waals surface area contributed by atoms with Gasteiger partial charge < -0.3 is 10.0 Å². The lowest BCUT2D eigenvalue weighted by Gasteiger charge is -2.10. The second-order valence-electron chi connectivity index (χ2n) is 3.33. The van der Waals surface area contributed by atoms with Gasteiger partial charge in [-0.15, -0.1) is 0 Å². The fraction of sp³-hybridized carbons (Fsp3) is 0.300. The first kappa shape index (κ1) is 8.10. The normalized spacial score (nSPS) is 20.6. The van der Waals surface area contributed by atoms with Gasteiger partial charge in [-0.2, -0.15) is 0 Å². The molecule has 0 spiro atoms. The van der Waals surface area contributed by atoms with Gasteiger partial charge in [0, 0.05) is 7.05 Å². The van der Waals surface area contributed by atoms with Crippen LogP contribution >= 0.6 is 0 Å². The van der Waals surface area contributed by atoms with Crippen molar-refractivity contribution < 1.29 is 9.90 Å². The Hall–Kier alpha value is -1.51. The number of aromatic hydroxyl groups is 1. The number of hydrogen-bond acceptors (Lipinski definition) is 2. The van der Waals surface area contributed by atoms with Crippen molar-refractivity contribution in [3.8, 4) is 5.75 Å². The zero-order valence-electron chi connectivity index (χ0n) is 7.61. The first-order chi connectivity index (χ1) is 6.13. The van der Waals surface area contributed by atoms with E-state index < -0.39 is 0 Å². The molecule has 3 nitrogen and oxygen atoms in total. The van der Waals surface area contributed by atoms with Crippen molar-refractivity contribution in [2.75, 3.05) is 11.9 Å². The molecule has 13 heavy (non-hydrogen) atoms. The Morgan fingerprint density at radius 2 is 2.15 bits per heavy atom. The summed E-state index contributed by atoms with van der Waals surface area (Å²) in [6.45, 7) is 1.85. The summed E-state index contributed by atoms with van der Waals surface area (Å²) in [4.78, 5) is 13.0.